The summed E-state index contributed by atoms with van der Waals surface area (Å²) in [4.78, 5) is 4.36. The molecule has 0 fully saturated rings. The molecule has 1 N–H and O–H groups in total. The summed E-state index contributed by atoms with van der Waals surface area (Å²) >= 11 is 1.50. The van der Waals surface area contributed by atoms with Crippen molar-refractivity contribution in [2.45, 2.75) is 0 Å². The van der Waals surface area contributed by atoms with Crippen LogP contribution in [0.5, 0.6) is 16.7 Å². The number of benzene rings is 2. The highest BCUT2D eigenvalue weighted by Crippen LogP contribution is 2.31. The molecular weight excluding hydrogens is 234 g/mol. The van der Waals surface area contributed by atoms with Crippen LogP contribution in [0.15, 0.2) is 48.5 Å². The van der Waals surface area contributed by atoms with Crippen LogP contribution in [0, 0.1) is 0 Å². The highest BCUT2D eigenvalue weighted by molar-refractivity contribution is 7.20. The molecule has 4 heteroatoms. The Morgan fingerprint density at radius 3 is 2.53 bits per heavy atom. The number of ether oxygens (including phenoxy) is 1. The molecule has 3 nitrogen and oxygen atoms in total. The first kappa shape index (κ1) is 10.1. The fourth-order valence-corrected chi connectivity index (χ4v) is 2.34. The first-order valence-electron chi connectivity index (χ1n) is 5.14. The van der Waals surface area contributed by atoms with E-state index in [0.717, 1.165) is 10.2 Å². The summed E-state index contributed by atoms with van der Waals surface area (Å²) in [6, 6.07) is 14.5. The van der Waals surface area contributed by atoms with Crippen molar-refractivity contribution in [1.29, 1.82) is 0 Å². The number of aromatic nitrogens is 1. The van der Waals surface area contributed by atoms with Crippen molar-refractivity contribution in [3.05, 3.63) is 48.5 Å². The van der Waals surface area contributed by atoms with E-state index in [1.54, 1.807) is 24.3 Å². The van der Waals surface area contributed by atoms with Crippen molar-refractivity contribution in [3.63, 3.8) is 0 Å². The summed E-state index contributed by atoms with van der Waals surface area (Å²) in [6.45, 7) is 0. The van der Waals surface area contributed by atoms with Crippen LogP contribution >= 0.6 is 11.3 Å². The van der Waals surface area contributed by atoms with Gasteiger partial charge in [-0.15, -0.1) is 0 Å². The molecule has 0 aliphatic carbocycles. The Kier molecular flexibility index (Phi) is 2.42. The van der Waals surface area contributed by atoms with Gasteiger partial charge >= 0.3 is 0 Å². The molecule has 3 rings (SSSR count). The Hall–Kier alpha value is -2.07. The Morgan fingerprint density at radius 2 is 1.76 bits per heavy atom. The van der Waals surface area contributed by atoms with Gasteiger partial charge in [0.25, 0.3) is 5.19 Å². The van der Waals surface area contributed by atoms with Crippen LogP contribution in [0.25, 0.3) is 10.2 Å². The molecule has 0 bridgehead atoms. The molecule has 0 amide bonds. The minimum absolute atomic E-state index is 0.224. The van der Waals surface area contributed by atoms with Gasteiger partial charge in [-0.25, -0.2) is 4.98 Å². The van der Waals surface area contributed by atoms with Gasteiger partial charge in [-0.3, -0.25) is 0 Å². The van der Waals surface area contributed by atoms with Crippen LogP contribution in [-0.4, -0.2) is 10.1 Å². The summed E-state index contributed by atoms with van der Waals surface area (Å²) in [6.07, 6.45) is 0. The van der Waals surface area contributed by atoms with Gasteiger partial charge in [-0.05, 0) is 36.4 Å². The van der Waals surface area contributed by atoms with E-state index in [1.807, 2.05) is 24.3 Å². The third kappa shape index (κ3) is 2.07. The van der Waals surface area contributed by atoms with Crippen LogP contribution in [0.3, 0.4) is 0 Å². The van der Waals surface area contributed by atoms with Gasteiger partial charge in [0.2, 0.25) is 0 Å². The molecule has 0 spiro atoms. The number of thiazole rings is 1. The average molecular weight is 243 g/mol. The highest BCUT2D eigenvalue weighted by atomic mass is 32.1. The second-order valence-electron chi connectivity index (χ2n) is 3.54. The number of phenols is 1. The molecule has 2 aromatic carbocycles. The van der Waals surface area contributed by atoms with Crippen LogP contribution in [-0.2, 0) is 0 Å². The largest absolute Gasteiger partial charge is 0.508 e. The van der Waals surface area contributed by atoms with Crippen molar-refractivity contribution in [1.82, 2.24) is 4.98 Å². The van der Waals surface area contributed by atoms with Crippen LogP contribution in [0.4, 0.5) is 0 Å². The van der Waals surface area contributed by atoms with E-state index in [2.05, 4.69) is 4.98 Å². The van der Waals surface area contributed by atoms with Crippen molar-refractivity contribution >= 4 is 21.6 Å². The van der Waals surface area contributed by atoms with Crippen molar-refractivity contribution in [2.24, 2.45) is 0 Å². The van der Waals surface area contributed by atoms with Gasteiger partial charge in [-0.1, -0.05) is 23.5 Å². The van der Waals surface area contributed by atoms with Crippen molar-refractivity contribution in [3.8, 4) is 16.7 Å². The quantitative estimate of drug-likeness (QED) is 0.744. The molecule has 3 aromatic rings. The first-order chi connectivity index (χ1) is 8.31. The van der Waals surface area contributed by atoms with Crippen LogP contribution in [0.2, 0.25) is 0 Å². The van der Waals surface area contributed by atoms with Crippen LogP contribution < -0.4 is 4.74 Å². The smallest absolute Gasteiger partial charge is 0.279 e. The summed E-state index contributed by atoms with van der Waals surface area (Å²) in [5.41, 5.74) is 0.936. The minimum Gasteiger partial charge on any atom is -0.508 e. The fourth-order valence-electron chi connectivity index (χ4n) is 1.51. The molecule has 0 saturated heterocycles. The Morgan fingerprint density at radius 1 is 1.00 bits per heavy atom. The van der Waals surface area contributed by atoms with Gasteiger partial charge in [-0.2, -0.15) is 0 Å². The minimum atomic E-state index is 0.224. The van der Waals surface area contributed by atoms with Gasteiger partial charge in [0.1, 0.15) is 11.5 Å². The van der Waals surface area contributed by atoms with E-state index in [4.69, 9.17) is 9.84 Å². The van der Waals surface area contributed by atoms with E-state index in [9.17, 15) is 0 Å². The van der Waals surface area contributed by atoms with E-state index < -0.39 is 0 Å². The summed E-state index contributed by atoms with van der Waals surface area (Å²) in [7, 11) is 0. The molecule has 0 saturated carbocycles. The number of hydrogen-bond donors (Lipinski definition) is 1. The lowest BCUT2D eigenvalue weighted by atomic mass is 10.3. The lowest BCUT2D eigenvalue weighted by molar-refractivity contribution is 0.463. The molecule has 0 atom stereocenters. The van der Waals surface area contributed by atoms with E-state index in [0.29, 0.717) is 10.9 Å². The monoisotopic (exact) mass is 243 g/mol. The predicted molar refractivity (Wildman–Crippen MR) is 67.8 cm³/mol. The topological polar surface area (TPSA) is 42.4 Å². The van der Waals surface area contributed by atoms with Gasteiger partial charge in [0, 0.05) is 0 Å². The molecule has 0 unspecified atom stereocenters. The molecule has 1 aromatic heterocycles. The second-order valence-corrected chi connectivity index (χ2v) is 4.54. The SMILES string of the molecule is Oc1ccc(Oc2nc3ccccc3s2)cc1. The number of phenolic OH excluding ortho intramolecular Hbond substituents is 1. The zero-order chi connectivity index (χ0) is 11.7. The number of fused-ring (bicyclic) bond motifs is 1. The maximum Gasteiger partial charge on any atom is 0.279 e. The molecule has 84 valence electrons. The predicted octanol–water partition coefficient (Wildman–Crippen LogP) is 3.79. The Bertz CT molecular complexity index is 613. The third-order valence-electron chi connectivity index (χ3n) is 2.32. The Labute approximate surface area is 102 Å². The lowest BCUT2D eigenvalue weighted by Crippen LogP contribution is -1.81. The second kappa shape index (κ2) is 4.07. The first-order valence-corrected chi connectivity index (χ1v) is 5.95. The van der Waals surface area contributed by atoms with E-state index in [-0.39, 0.29) is 5.75 Å². The maximum absolute atomic E-state index is 9.17. The Balaban J connectivity index is 1.92. The average Bonchev–Trinajstić information content (AvgIpc) is 2.74. The van der Waals surface area contributed by atoms with Crippen molar-refractivity contribution in [2.75, 3.05) is 0 Å². The number of nitrogens with zero attached hydrogens (tertiary/aromatic N) is 1. The van der Waals surface area contributed by atoms with Crippen molar-refractivity contribution < 1.29 is 9.84 Å². The highest BCUT2D eigenvalue weighted by Gasteiger charge is 2.04. The summed E-state index contributed by atoms with van der Waals surface area (Å²) in [5, 5.41) is 9.78. The normalized spacial score (nSPS) is 10.6. The standard InChI is InChI=1S/C13H9NO2S/c15-9-5-7-10(8-6-9)16-13-14-11-3-1-2-4-12(11)17-13/h1-8,15H. The maximum atomic E-state index is 9.17. The van der Waals surface area contributed by atoms with Crippen LogP contribution in [0.1, 0.15) is 0 Å². The number of rotatable bonds is 2. The lowest BCUT2D eigenvalue weighted by Gasteiger charge is -2.00. The number of para-hydroxylation sites is 1. The third-order valence-corrected chi connectivity index (χ3v) is 3.23. The van der Waals surface area contributed by atoms with E-state index in [1.165, 1.54) is 11.3 Å². The van der Waals surface area contributed by atoms with E-state index >= 15 is 0 Å². The molecule has 1 heterocycles. The zero-order valence-corrected chi connectivity index (χ0v) is 9.65. The van der Waals surface area contributed by atoms with Gasteiger partial charge in [0.15, 0.2) is 0 Å². The molecule has 17 heavy (non-hydrogen) atoms. The summed E-state index contributed by atoms with van der Waals surface area (Å²) < 4.78 is 6.71. The number of hydrogen-bond acceptors (Lipinski definition) is 4. The molecular formula is C13H9NO2S. The molecule has 0 aliphatic rings. The number of aromatic hydroxyl groups is 1. The van der Waals surface area contributed by atoms with Gasteiger partial charge < -0.3 is 9.84 Å². The fraction of sp³-hybridized carbons (Fsp3) is 0. The molecule has 0 aliphatic heterocycles. The zero-order valence-electron chi connectivity index (χ0n) is 8.83. The van der Waals surface area contributed by atoms with Gasteiger partial charge in [0.05, 0.1) is 10.2 Å². The molecule has 0 radical (unpaired) electrons. The summed E-state index contributed by atoms with van der Waals surface area (Å²) in [5.74, 6) is 0.892.